The van der Waals surface area contributed by atoms with E-state index in [2.05, 4.69) is 5.32 Å². The van der Waals surface area contributed by atoms with E-state index in [1.165, 1.54) is 6.42 Å². The molecule has 0 bridgehead atoms. The van der Waals surface area contributed by atoms with E-state index in [-0.39, 0.29) is 11.3 Å². The Hall–Kier alpha value is -0.0900. The van der Waals surface area contributed by atoms with Gasteiger partial charge in [-0.15, -0.1) is 0 Å². The molecule has 0 aliphatic carbocycles. The molecule has 78 valence electrons. The zero-order chi connectivity index (χ0) is 9.90. The van der Waals surface area contributed by atoms with Crippen molar-refractivity contribution in [3.8, 4) is 0 Å². The van der Waals surface area contributed by atoms with Gasteiger partial charge in [0.05, 0.1) is 11.0 Å². The Balaban J connectivity index is 2.47. The molecule has 3 nitrogen and oxygen atoms in total. The molecule has 1 aliphatic rings. The lowest BCUT2D eigenvalue weighted by Gasteiger charge is -2.23. The summed E-state index contributed by atoms with van der Waals surface area (Å²) in [4.78, 5) is 0. The van der Waals surface area contributed by atoms with Crippen molar-refractivity contribution in [1.29, 1.82) is 0 Å². The third-order valence-electron chi connectivity index (χ3n) is 2.56. The van der Waals surface area contributed by atoms with Crippen molar-refractivity contribution in [2.75, 3.05) is 12.3 Å². The van der Waals surface area contributed by atoms with Crippen LogP contribution in [0.15, 0.2) is 0 Å². The predicted octanol–water partition coefficient (Wildman–Crippen LogP) is 0.952. The lowest BCUT2D eigenvalue weighted by atomic mass is 10.1. The molecule has 4 heteroatoms. The van der Waals surface area contributed by atoms with E-state index in [0.717, 1.165) is 19.4 Å². The fraction of sp³-hybridized carbons (Fsp3) is 1.00. The lowest BCUT2D eigenvalue weighted by molar-refractivity contribution is 0.423. The number of rotatable bonds is 3. The number of nitrogens with one attached hydrogen (secondary N) is 1. The molecule has 1 rings (SSSR count). The molecule has 0 spiro atoms. The fourth-order valence-electron chi connectivity index (χ4n) is 1.54. The van der Waals surface area contributed by atoms with Gasteiger partial charge in [-0.3, -0.25) is 0 Å². The first kappa shape index (κ1) is 11.0. The topological polar surface area (TPSA) is 46.2 Å². The van der Waals surface area contributed by atoms with Gasteiger partial charge in [0.15, 0.2) is 9.84 Å². The third-order valence-corrected chi connectivity index (χ3v) is 4.87. The molecule has 1 saturated heterocycles. The molecule has 0 saturated carbocycles. The highest BCUT2D eigenvalue weighted by Crippen LogP contribution is 2.11. The van der Waals surface area contributed by atoms with E-state index in [9.17, 15) is 8.42 Å². The van der Waals surface area contributed by atoms with Crippen LogP contribution < -0.4 is 5.32 Å². The van der Waals surface area contributed by atoms with Crippen LogP contribution in [-0.2, 0) is 9.84 Å². The Morgan fingerprint density at radius 1 is 1.38 bits per heavy atom. The molecule has 1 aliphatic heterocycles. The first-order valence-electron chi connectivity index (χ1n) is 4.97. The Morgan fingerprint density at radius 3 is 2.54 bits per heavy atom. The first-order valence-corrected chi connectivity index (χ1v) is 6.69. The van der Waals surface area contributed by atoms with E-state index >= 15 is 0 Å². The standard InChI is InChI=1S/C9H19NO2S/c1-8(2)13(11,12)7-9-5-3-4-6-10-9/h8-10H,3-7H2,1-2H3. The van der Waals surface area contributed by atoms with Gasteiger partial charge in [0, 0.05) is 6.04 Å². The van der Waals surface area contributed by atoms with E-state index < -0.39 is 9.84 Å². The Labute approximate surface area is 80.8 Å². The van der Waals surface area contributed by atoms with Crippen molar-refractivity contribution >= 4 is 9.84 Å². The summed E-state index contributed by atoms with van der Waals surface area (Å²) in [5, 5.41) is 3.01. The van der Waals surface area contributed by atoms with Crippen LogP contribution in [0.5, 0.6) is 0 Å². The Kier molecular flexibility index (Phi) is 3.74. The smallest absolute Gasteiger partial charge is 0.154 e. The molecule has 1 unspecified atom stereocenters. The molecule has 13 heavy (non-hydrogen) atoms. The second-order valence-electron chi connectivity index (χ2n) is 4.03. The number of hydrogen-bond acceptors (Lipinski definition) is 3. The molecular formula is C9H19NO2S. The van der Waals surface area contributed by atoms with Crippen LogP contribution in [0.2, 0.25) is 0 Å². The van der Waals surface area contributed by atoms with Crippen LogP contribution in [0.1, 0.15) is 33.1 Å². The van der Waals surface area contributed by atoms with Crippen molar-refractivity contribution in [3.05, 3.63) is 0 Å². The summed E-state index contributed by atoms with van der Waals surface area (Å²) >= 11 is 0. The van der Waals surface area contributed by atoms with E-state index in [1.807, 2.05) is 0 Å². The maximum atomic E-state index is 11.6. The highest BCUT2D eigenvalue weighted by molar-refractivity contribution is 7.92. The van der Waals surface area contributed by atoms with Crippen LogP contribution in [0.3, 0.4) is 0 Å². The minimum Gasteiger partial charge on any atom is -0.313 e. The van der Waals surface area contributed by atoms with Crippen molar-refractivity contribution in [2.24, 2.45) is 0 Å². The van der Waals surface area contributed by atoms with Crippen LogP contribution in [0, 0.1) is 0 Å². The maximum absolute atomic E-state index is 11.6. The SMILES string of the molecule is CC(C)S(=O)(=O)CC1CCCCN1. The first-order chi connectivity index (χ1) is 6.02. The summed E-state index contributed by atoms with van der Waals surface area (Å²) < 4.78 is 23.1. The second-order valence-corrected chi connectivity index (χ2v) is 6.63. The van der Waals surface area contributed by atoms with Gasteiger partial charge in [-0.1, -0.05) is 6.42 Å². The summed E-state index contributed by atoms with van der Waals surface area (Å²) in [6.45, 7) is 4.47. The van der Waals surface area contributed by atoms with Crippen LogP contribution in [-0.4, -0.2) is 32.0 Å². The molecule has 0 radical (unpaired) electrons. The summed E-state index contributed by atoms with van der Waals surface area (Å²) in [6.07, 6.45) is 3.34. The molecular weight excluding hydrogens is 186 g/mol. The van der Waals surface area contributed by atoms with Crippen LogP contribution in [0.25, 0.3) is 0 Å². The lowest BCUT2D eigenvalue weighted by Crippen LogP contribution is -2.40. The molecule has 0 aromatic heterocycles. The van der Waals surface area contributed by atoms with Crippen molar-refractivity contribution < 1.29 is 8.42 Å². The monoisotopic (exact) mass is 205 g/mol. The number of hydrogen-bond donors (Lipinski definition) is 1. The van der Waals surface area contributed by atoms with E-state index in [0.29, 0.717) is 5.75 Å². The molecule has 1 N–H and O–H groups in total. The van der Waals surface area contributed by atoms with Gasteiger partial charge in [0.2, 0.25) is 0 Å². The number of piperidine rings is 1. The molecule has 1 heterocycles. The molecule has 1 atom stereocenters. The Morgan fingerprint density at radius 2 is 2.08 bits per heavy atom. The van der Waals surface area contributed by atoms with Gasteiger partial charge in [-0.2, -0.15) is 0 Å². The van der Waals surface area contributed by atoms with Crippen molar-refractivity contribution in [2.45, 2.75) is 44.4 Å². The summed E-state index contributed by atoms with van der Waals surface area (Å²) in [5.41, 5.74) is 0. The predicted molar refractivity (Wildman–Crippen MR) is 54.6 cm³/mol. The quantitative estimate of drug-likeness (QED) is 0.746. The average Bonchev–Trinajstić information content (AvgIpc) is 2.05. The second kappa shape index (κ2) is 4.42. The minimum absolute atomic E-state index is 0.196. The van der Waals surface area contributed by atoms with Gasteiger partial charge in [0.1, 0.15) is 0 Å². The molecule has 0 aromatic rings. The third kappa shape index (κ3) is 3.27. The van der Waals surface area contributed by atoms with Gasteiger partial charge < -0.3 is 5.32 Å². The number of sulfone groups is 1. The molecule has 1 fully saturated rings. The van der Waals surface area contributed by atoms with Crippen LogP contribution in [0.4, 0.5) is 0 Å². The van der Waals surface area contributed by atoms with Crippen LogP contribution >= 0.6 is 0 Å². The van der Waals surface area contributed by atoms with E-state index in [1.54, 1.807) is 13.8 Å². The van der Waals surface area contributed by atoms with Gasteiger partial charge in [0.25, 0.3) is 0 Å². The maximum Gasteiger partial charge on any atom is 0.154 e. The van der Waals surface area contributed by atoms with Gasteiger partial charge in [-0.25, -0.2) is 8.42 Å². The normalized spacial score (nSPS) is 25.0. The van der Waals surface area contributed by atoms with Gasteiger partial charge >= 0.3 is 0 Å². The summed E-state index contributed by atoms with van der Waals surface area (Å²) in [5.74, 6) is 0.310. The van der Waals surface area contributed by atoms with E-state index in [4.69, 9.17) is 0 Å². The summed E-state index contributed by atoms with van der Waals surface area (Å²) in [6, 6.07) is 0.196. The zero-order valence-electron chi connectivity index (χ0n) is 8.41. The van der Waals surface area contributed by atoms with Gasteiger partial charge in [-0.05, 0) is 33.2 Å². The Bertz CT molecular complexity index is 240. The average molecular weight is 205 g/mol. The van der Waals surface area contributed by atoms with Crippen molar-refractivity contribution in [3.63, 3.8) is 0 Å². The fourth-order valence-corrected chi connectivity index (χ4v) is 2.77. The highest BCUT2D eigenvalue weighted by atomic mass is 32.2. The molecule has 0 aromatic carbocycles. The molecule has 0 amide bonds. The highest BCUT2D eigenvalue weighted by Gasteiger charge is 2.23. The minimum atomic E-state index is -2.86. The summed E-state index contributed by atoms with van der Waals surface area (Å²) in [7, 11) is -2.86. The zero-order valence-corrected chi connectivity index (χ0v) is 9.23. The largest absolute Gasteiger partial charge is 0.313 e. The van der Waals surface area contributed by atoms with Crippen molar-refractivity contribution in [1.82, 2.24) is 5.32 Å².